The Kier molecular flexibility index (Phi) is 6.88. The van der Waals surface area contributed by atoms with Gasteiger partial charge in [-0.1, -0.05) is 141 Å². The minimum atomic E-state index is -0.437. The molecule has 8 aromatic rings. The number of benzene rings is 7. The van der Waals surface area contributed by atoms with Gasteiger partial charge in [0.15, 0.2) is 0 Å². The van der Waals surface area contributed by atoms with Crippen LogP contribution >= 0.6 is 11.3 Å². The number of rotatable bonds is 2. The summed E-state index contributed by atoms with van der Waals surface area (Å²) in [6.45, 7) is 13.7. The minimum Gasteiger partial charge on any atom is -0.311 e. The monoisotopic (exact) mass is 762 g/mol. The molecule has 0 unspecified atom stereocenters. The second-order valence-electron chi connectivity index (χ2n) is 17.9. The number of anilines is 6. The summed E-state index contributed by atoms with van der Waals surface area (Å²) in [7, 11) is 0. The predicted octanol–water partition coefficient (Wildman–Crippen LogP) is 12.4. The normalized spacial score (nSPS) is 14.8. The van der Waals surface area contributed by atoms with E-state index in [-0.39, 0.29) is 12.1 Å². The molecule has 12 rings (SSSR count). The van der Waals surface area contributed by atoms with E-state index in [1.54, 1.807) is 0 Å². The molecular weight excluding hydrogens is 719 g/mol. The van der Waals surface area contributed by atoms with Crippen molar-refractivity contribution in [1.29, 1.82) is 0 Å². The Morgan fingerprint density at radius 1 is 0.517 bits per heavy atom. The van der Waals surface area contributed by atoms with Crippen molar-refractivity contribution in [2.45, 2.75) is 52.4 Å². The summed E-state index contributed by atoms with van der Waals surface area (Å²) >= 11 is 2.06. The first-order valence-electron chi connectivity index (χ1n) is 20.6. The van der Waals surface area contributed by atoms with Crippen LogP contribution in [0.5, 0.6) is 0 Å². The predicted molar refractivity (Wildman–Crippen MR) is 248 cm³/mol. The van der Waals surface area contributed by atoms with Gasteiger partial charge in [-0.3, -0.25) is 0 Å². The highest BCUT2D eigenvalue weighted by Gasteiger charge is 2.57. The molecule has 0 N–H and O–H groups in total. The molecule has 0 bridgehead atoms. The largest absolute Gasteiger partial charge is 0.311 e. The van der Waals surface area contributed by atoms with Crippen LogP contribution in [-0.4, -0.2) is 6.71 Å². The summed E-state index contributed by atoms with van der Waals surface area (Å²) in [5.74, 6) is 0. The molecule has 7 aromatic carbocycles. The molecule has 278 valence electrons. The molecule has 3 heterocycles. The number of thiophene rings is 1. The number of nitrogens with zero attached hydrogens (tertiary/aromatic N) is 2. The van der Waals surface area contributed by atoms with Crippen LogP contribution in [0.2, 0.25) is 0 Å². The van der Waals surface area contributed by atoms with E-state index in [0.717, 1.165) is 0 Å². The van der Waals surface area contributed by atoms with Crippen molar-refractivity contribution in [3.63, 3.8) is 0 Å². The molecule has 4 heteroatoms. The van der Waals surface area contributed by atoms with Gasteiger partial charge in [-0.05, 0) is 124 Å². The van der Waals surface area contributed by atoms with Crippen LogP contribution in [0.25, 0.3) is 22.3 Å². The van der Waals surface area contributed by atoms with Crippen molar-refractivity contribution in [3.05, 3.63) is 195 Å². The second kappa shape index (κ2) is 11.7. The number of aryl methyl sites for hydroxylation is 3. The highest BCUT2D eigenvalue weighted by Crippen LogP contribution is 2.67. The summed E-state index contributed by atoms with van der Waals surface area (Å²) < 4.78 is 1.42. The number of fused-ring (bicyclic) bond motifs is 15. The molecule has 0 radical (unpaired) electrons. The maximum absolute atomic E-state index is 2.64. The van der Waals surface area contributed by atoms with E-state index in [1.807, 2.05) is 0 Å². The van der Waals surface area contributed by atoms with E-state index in [4.69, 9.17) is 0 Å². The molecule has 1 spiro atoms. The van der Waals surface area contributed by atoms with Gasteiger partial charge < -0.3 is 9.80 Å². The number of hydrogen-bond acceptors (Lipinski definition) is 3. The van der Waals surface area contributed by atoms with Crippen LogP contribution in [0, 0.1) is 20.8 Å². The molecule has 0 fully saturated rings. The number of para-hydroxylation sites is 1. The molecule has 2 nitrogen and oxygen atoms in total. The fourth-order valence-electron chi connectivity index (χ4n) is 10.8. The van der Waals surface area contributed by atoms with E-state index in [1.165, 1.54) is 116 Å². The third-order valence-electron chi connectivity index (χ3n) is 13.4. The van der Waals surface area contributed by atoms with Crippen molar-refractivity contribution in [1.82, 2.24) is 0 Å². The van der Waals surface area contributed by atoms with Gasteiger partial charge in [0, 0.05) is 43.7 Å². The highest BCUT2D eigenvalue weighted by molar-refractivity contribution is 7.30. The van der Waals surface area contributed by atoms with Gasteiger partial charge in [0.1, 0.15) is 0 Å². The van der Waals surface area contributed by atoms with E-state index >= 15 is 0 Å². The molecule has 4 aliphatic rings. The zero-order valence-electron chi connectivity index (χ0n) is 33.8. The van der Waals surface area contributed by atoms with Gasteiger partial charge in [-0.15, -0.1) is 11.3 Å². The lowest BCUT2D eigenvalue weighted by molar-refractivity contribution is 0.588. The Morgan fingerprint density at radius 3 is 1.72 bits per heavy atom. The van der Waals surface area contributed by atoms with Crippen LogP contribution < -0.4 is 25.5 Å². The summed E-state index contributed by atoms with van der Waals surface area (Å²) in [6.07, 6.45) is 0. The van der Waals surface area contributed by atoms with Crippen molar-refractivity contribution >= 4 is 67.9 Å². The second-order valence-corrected chi connectivity index (χ2v) is 19.0. The maximum atomic E-state index is 2.64. The minimum absolute atomic E-state index is 0.000758. The van der Waals surface area contributed by atoms with Gasteiger partial charge in [-0.25, -0.2) is 0 Å². The quantitative estimate of drug-likeness (QED) is 0.162. The van der Waals surface area contributed by atoms with Crippen LogP contribution in [0.3, 0.4) is 0 Å². The van der Waals surface area contributed by atoms with E-state index < -0.39 is 5.41 Å². The highest BCUT2D eigenvalue weighted by atomic mass is 32.1. The lowest BCUT2D eigenvalue weighted by Gasteiger charge is -2.43. The first kappa shape index (κ1) is 34.0. The Labute approximate surface area is 346 Å². The smallest absolute Gasteiger partial charge is 0.264 e. The first-order chi connectivity index (χ1) is 28.1. The van der Waals surface area contributed by atoms with E-state index in [9.17, 15) is 0 Å². The van der Waals surface area contributed by atoms with Gasteiger partial charge >= 0.3 is 0 Å². The molecule has 0 amide bonds. The maximum Gasteiger partial charge on any atom is 0.264 e. The first-order valence-corrected chi connectivity index (χ1v) is 21.4. The number of hydrogen-bond donors (Lipinski definition) is 0. The Hall–Kier alpha value is -6.10. The van der Waals surface area contributed by atoms with Crippen molar-refractivity contribution in [2.24, 2.45) is 0 Å². The molecule has 0 saturated heterocycles. The Morgan fingerprint density at radius 2 is 1.09 bits per heavy atom. The van der Waals surface area contributed by atoms with Crippen molar-refractivity contribution < 1.29 is 0 Å². The van der Waals surface area contributed by atoms with Crippen molar-refractivity contribution in [2.75, 3.05) is 9.80 Å². The van der Waals surface area contributed by atoms with Gasteiger partial charge in [-0.2, -0.15) is 0 Å². The van der Waals surface area contributed by atoms with Crippen LogP contribution in [-0.2, 0) is 10.8 Å². The third kappa shape index (κ3) is 4.34. The Balaban J connectivity index is 1.24. The molecule has 0 saturated carbocycles. The zero-order valence-corrected chi connectivity index (χ0v) is 34.6. The summed E-state index contributed by atoms with van der Waals surface area (Å²) in [5.41, 5.74) is 24.6. The van der Waals surface area contributed by atoms with Crippen LogP contribution in [0.1, 0.15) is 64.6 Å². The fourth-order valence-corrected chi connectivity index (χ4v) is 12.4. The summed E-state index contributed by atoms with van der Waals surface area (Å²) in [5, 5.41) is 0. The lowest BCUT2D eigenvalue weighted by atomic mass is 9.36. The third-order valence-corrected chi connectivity index (χ3v) is 14.7. The lowest BCUT2D eigenvalue weighted by Crippen LogP contribution is -2.60. The summed E-state index contributed by atoms with van der Waals surface area (Å²) in [6, 6.07) is 58.3. The average molecular weight is 763 g/mol. The van der Waals surface area contributed by atoms with Gasteiger partial charge in [0.2, 0.25) is 0 Å². The van der Waals surface area contributed by atoms with Crippen LogP contribution in [0.4, 0.5) is 34.1 Å². The molecule has 2 aliphatic carbocycles. The molecule has 58 heavy (non-hydrogen) atoms. The van der Waals surface area contributed by atoms with E-state index in [0.29, 0.717) is 0 Å². The SMILES string of the molecule is Cc1ccc(N2c3ccccc3B3c4sc5c(c4N(c4ccc(C)cc4)c4cc(C)cc2c43)-c2ccc(C(C)(C)C)cc2C52c3ccccc3-c3ccccc32)cc1. The standard InChI is InChI=1S/C54H43BN2S/c1-32-19-24-36(25-20-32)56-45-18-12-11-17-44(45)55-49-46(56)29-34(3)30-47(49)57(37-26-21-33(2)22-27-37)50-48-40-28-23-35(53(4,5)6)31-43(40)54(51(48)58-52(50)55)41-15-9-7-13-38(41)39-14-8-10-16-42(39)54/h7-31H,1-6H3. The fraction of sp³-hybridized carbons (Fsp3) is 0.148. The Bertz CT molecular complexity index is 2990. The van der Waals surface area contributed by atoms with Crippen molar-refractivity contribution in [3.8, 4) is 22.3 Å². The molecule has 0 atom stereocenters. The topological polar surface area (TPSA) is 6.48 Å². The molecular formula is C54H43BN2S. The molecule has 2 aliphatic heterocycles. The van der Waals surface area contributed by atoms with Gasteiger partial charge in [0.05, 0.1) is 11.1 Å². The van der Waals surface area contributed by atoms with Crippen LogP contribution in [0.15, 0.2) is 152 Å². The zero-order chi connectivity index (χ0) is 39.2. The van der Waals surface area contributed by atoms with Gasteiger partial charge in [0.25, 0.3) is 6.71 Å². The average Bonchev–Trinajstić information content (AvgIpc) is 3.85. The molecule has 1 aromatic heterocycles. The summed E-state index contributed by atoms with van der Waals surface area (Å²) in [4.78, 5) is 6.60. The van der Waals surface area contributed by atoms with E-state index in [2.05, 4.69) is 214 Å².